The first-order valence-corrected chi connectivity index (χ1v) is 5.82. The van der Waals surface area contributed by atoms with Crippen molar-refractivity contribution >= 4 is 11.6 Å². The van der Waals surface area contributed by atoms with Crippen LogP contribution in [0.3, 0.4) is 0 Å². The summed E-state index contributed by atoms with van der Waals surface area (Å²) in [4.78, 5) is 4.13. The molecule has 0 N–H and O–H groups in total. The van der Waals surface area contributed by atoms with Gasteiger partial charge in [-0.1, -0.05) is 17.7 Å². The first-order valence-electron chi connectivity index (χ1n) is 5.44. The standard InChI is InChI=1S/C14H14ClNO/c1-10-5-12(8-16-7-10)9-17-14-6-13(15)4-3-11(14)2/h3-8H,9H2,1-2H3. The van der Waals surface area contributed by atoms with Crippen molar-refractivity contribution < 1.29 is 4.74 Å². The highest BCUT2D eigenvalue weighted by molar-refractivity contribution is 6.30. The Hall–Kier alpha value is -1.54. The van der Waals surface area contributed by atoms with E-state index < -0.39 is 0 Å². The van der Waals surface area contributed by atoms with Crippen LogP contribution in [0.2, 0.25) is 5.02 Å². The number of ether oxygens (including phenoxy) is 1. The van der Waals surface area contributed by atoms with Crippen molar-refractivity contribution in [2.75, 3.05) is 0 Å². The van der Waals surface area contributed by atoms with Crippen molar-refractivity contribution in [3.05, 3.63) is 58.4 Å². The fraction of sp³-hybridized carbons (Fsp3) is 0.214. The molecule has 2 nitrogen and oxygen atoms in total. The van der Waals surface area contributed by atoms with E-state index in [0.717, 1.165) is 22.4 Å². The van der Waals surface area contributed by atoms with Crippen molar-refractivity contribution in [2.45, 2.75) is 20.5 Å². The maximum Gasteiger partial charge on any atom is 0.124 e. The molecule has 0 aliphatic rings. The molecule has 0 fully saturated rings. The minimum atomic E-state index is 0.510. The monoisotopic (exact) mass is 247 g/mol. The average Bonchev–Trinajstić information content (AvgIpc) is 2.30. The fourth-order valence-corrected chi connectivity index (χ4v) is 1.75. The number of aromatic nitrogens is 1. The molecule has 0 radical (unpaired) electrons. The third kappa shape index (κ3) is 3.21. The molecular weight excluding hydrogens is 234 g/mol. The number of rotatable bonds is 3. The molecule has 1 aromatic heterocycles. The van der Waals surface area contributed by atoms with E-state index in [2.05, 4.69) is 11.1 Å². The van der Waals surface area contributed by atoms with E-state index in [1.807, 2.05) is 44.4 Å². The molecule has 88 valence electrons. The van der Waals surface area contributed by atoms with E-state index in [4.69, 9.17) is 16.3 Å². The van der Waals surface area contributed by atoms with Crippen molar-refractivity contribution in [1.29, 1.82) is 0 Å². The van der Waals surface area contributed by atoms with Crippen LogP contribution >= 0.6 is 11.6 Å². The van der Waals surface area contributed by atoms with Crippen molar-refractivity contribution in [3.8, 4) is 5.75 Å². The Kier molecular flexibility index (Phi) is 3.64. The predicted octanol–water partition coefficient (Wildman–Crippen LogP) is 3.93. The number of pyridine rings is 1. The van der Waals surface area contributed by atoms with Gasteiger partial charge in [0.25, 0.3) is 0 Å². The number of hydrogen-bond donors (Lipinski definition) is 0. The van der Waals surface area contributed by atoms with Crippen LogP contribution in [0, 0.1) is 13.8 Å². The number of hydrogen-bond acceptors (Lipinski definition) is 2. The van der Waals surface area contributed by atoms with Gasteiger partial charge in [0, 0.05) is 23.0 Å². The fourth-order valence-electron chi connectivity index (χ4n) is 1.59. The van der Waals surface area contributed by atoms with Gasteiger partial charge in [-0.15, -0.1) is 0 Å². The van der Waals surface area contributed by atoms with E-state index in [0.29, 0.717) is 11.6 Å². The van der Waals surface area contributed by atoms with Crippen molar-refractivity contribution in [1.82, 2.24) is 4.98 Å². The van der Waals surface area contributed by atoms with Crippen LogP contribution in [-0.2, 0) is 6.61 Å². The van der Waals surface area contributed by atoms with Crippen LogP contribution in [0.25, 0.3) is 0 Å². The molecule has 2 aromatic rings. The molecule has 0 saturated heterocycles. The Morgan fingerprint density at radius 2 is 2.00 bits per heavy atom. The molecule has 0 unspecified atom stereocenters. The SMILES string of the molecule is Cc1cncc(COc2cc(Cl)ccc2C)c1. The highest BCUT2D eigenvalue weighted by Gasteiger charge is 2.01. The Morgan fingerprint density at radius 3 is 2.76 bits per heavy atom. The Balaban J connectivity index is 2.09. The molecule has 1 heterocycles. The summed E-state index contributed by atoms with van der Waals surface area (Å²) < 4.78 is 5.73. The van der Waals surface area contributed by atoms with Gasteiger partial charge in [0.15, 0.2) is 0 Å². The molecule has 17 heavy (non-hydrogen) atoms. The lowest BCUT2D eigenvalue weighted by Crippen LogP contribution is -1.98. The number of nitrogens with zero attached hydrogens (tertiary/aromatic N) is 1. The number of benzene rings is 1. The van der Waals surface area contributed by atoms with Gasteiger partial charge in [0.2, 0.25) is 0 Å². The summed E-state index contributed by atoms with van der Waals surface area (Å²) in [7, 11) is 0. The van der Waals surface area contributed by atoms with Crippen LogP contribution in [0.1, 0.15) is 16.7 Å². The van der Waals surface area contributed by atoms with Gasteiger partial charge in [-0.3, -0.25) is 4.98 Å². The third-order valence-corrected chi connectivity index (χ3v) is 2.71. The molecule has 2 rings (SSSR count). The van der Waals surface area contributed by atoms with Crippen LogP contribution in [0.4, 0.5) is 0 Å². The molecule has 1 aromatic carbocycles. The minimum absolute atomic E-state index is 0.510. The van der Waals surface area contributed by atoms with Gasteiger partial charge in [0.05, 0.1) is 0 Å². The molecule has 3 heteroatoms. The molecule has 0 atom stereocenters. The Bertz CT molecular complexity index is 525. The highest BCUT2D eigenvalue weighted by atomic mass is 35.5. The number of aryl methyl sites for hydroxylation is 2. The summed E-state index contributed by atoms with van der Waals surface area (Å²) in [6.45, 7) is 4.52. The number of halogens is 1. The topological polar surface area (TPSA) is 22.1 Å². The van der Waals surface area contributed by atoms with Gasteiger partial charge in [-0.05, 0) is 43.2 Å². The summed E-state index contributed by atoms with van der Waals surface area (Å²) in [5.74, 6) is 0.819. The predicted molar refractivity (Wildman–Crippen MR) is 69.5 cm³/mol. The molecule has 0 amide bonds. The van der Waals surface area contributed by atoms with Crippen molar-refractivity contribution in [3.63, 3.8) is 0 Å². The van der Waals surface area contributed by atoms with E-state index in [1.165, 1.54) is 0 Å². The lowest BCUT2D eigenvalue weighted by atomic mass is 10.2. The highest BCUT2D eigenvalue weighted by Crippen LogP contribution is 2.23. The smallest absolute Gasteiger partial charge is 0.124 e. The first kappa shape index (κ1) is 11.9. The van der Waals surface area contributed by atoms with Crippen LogP contribution < -0.4 is 4.74 Å². The second-order valence-electron chi connectivity index (χ2n) is 4.07. The normalized spacial score (nSPS) is 10.3. The van der Waals surface area contributed by atoms with E-state index in [9.17, 15) is 0 Å². The lowest BCUT2D eigenvalue weighted by Gasteiger charge is -2.09. The molecule has 0 aliphatic heterocycles. The van der Waals surface area contributed by atoms with E-state index >= 15 is 0 Å². The zero-order valence-electron chi connectivity index (χ0n) is 9.90. The maximum absolute atomic E-state index is 5.93. The minimum Gasteiger partial charge on any atom is -0.489 e. The zero-order chi connectivity index (χ0) is 12.3. The summed E-state index contributed by atoms with van der Waals surface area (Å²) >= 11 is 5.93. The average molecular weight is 248 g/mol. The summed E-state index contributed by atoms with van der Waals surface area (Å²) in [6.07, 6.45) is 3.64. The summed E-state index contributed by atoms with van der Waals surface area (Å²) in [6, 6.07) is 7.71. The second kappa shape index (κ2) is 5.19. The van der Waals surface area contributed by atoms with Gasteiger partial charge in [-0.2, -0.15) is 0 Å². The maximum atomic E-state index is 5.93. The molecule has 0 saturated carbocycles. The van der Waals surface area contributed by atoms with Crippen LogP contribution in [0.5, 0.6) is 5.75 Å². The van der Waals surface area contributed by atoms with E-state index in [-0.39, 0.29) is 0 Å². The van der Waals surface area contributed by atoms with Gasteiger partial charge < -0.3 is 4.74 Å². The summed E-state index contributed by atoms with van der Waals surface area (Å²) in [5.41, 5.74) is 3.27. The Labute approximate surface area is 106 Å². The van der Waals surface area contributed by atoms with Crippen molar-refractivity contribution in [2.24, 2.45) is 0 Å². The molecule has 0 spiro atoms. The van der Waals surface area contributed by atoms with Gasteiger partial charge in [0.1, 0.15) is 12.4 Å². The Morgan fingerprint density at radius 1 is 1.18 bits per heavy atom. The third-order valence-electron chi connectivity index (χ3n) is 2.48. The zero-order valence-corrected chi connectivity index (χ0v) is 10.7. The van der Waals surface area contributed by atoms with E-state index in [1.54, 1.807) is 0 Å². The second-order valence-corrected chi connectivity index (χ2v) is 4.51. The van der Waals surface area contributed by atoms with Gasteiger partial charge in [-0.25, -0.2) is 0 Å². The summed E-state index contributed by atoms with van der Waals surface area (Å²) in [5, 5.41) is 0.688. The molecular formula is C14H14ClNO. The quantitative estimate of drug-likeness (QED) is 0.820. The van der Waals surface area contributed by atoms with Crippen LogP contribution in [-0.4, -0.2) is 4.98 Å². The lowest BCUT2D eigenvalue weighted by molar-refractivity contribution is 0.303. The molecule has 0 aliphatic carbocycles. The van der Waals surface area contributed by atoms with Crippen LogP contribution in [0.15, 0.2) is 36.7 Å². The molecule has 0 bridgehead atoms. The van der Waals surface area contributed by atoms with Gasteiger partial charge >= 0.3 is 0 Å². The first-order chi connectivity index (χ1) is 8.15. The largest absolute Gasteiger partial charge is 0.489 e.